The van der Waals surface area contributed by atoms with Crippen LogP contribution in [0.4, 0.5) is 4.79 Å². The number of nitrogens with zero attached hydrogens (tertiary/aromatic N) is 1. The molecule has 0 amide bonds. The van der Waals surface area contributed by atoms with Crippen LogP contribution in [0.1, 0.15) is 90.4 Å². The molecule has 32 heavy (non-hydrogen) atoms. The fraction of sp³-hybridized carbons (Fsp3) is 0.957. The minimum atomic E-state index is -4.48. The van der Waals surface area contributed by atoms with Crippen LogP contribution in [0, 0.1) is 0 Å². The first-order chi connectivity index (χ1) is 15.1. The van der Waals surface area contributed by atoms with Crippen molar-refractivity contribution in [3.63, 3.8) is 0 Å². The van der Waals surface area contributed by atoms with E-state index in [1.807, 2.05) is 21.1 Å². The number of carbonyl (C=O) groups is 1. The lowest BCUT2D eigenvalue weighted by atomic mass is 10.0. The van der Waals surface area contributed by atoms with Gasteiger partial charge in [0.2, 0.25) is 0 Å². The number of hydrogen-bond donors (Lipinski definition) is 0. The molecule has 2 atom stereocenters. The van der Waals surface area contributed by atoms with Gasteiger partial charge >= 0.3 is 6.16 Å². The van der Waals surface area contributed by atoms with E-state index in [1.54, 1.807) is 0 Å². The van der Waals surface area contributed by atoms with Gasteiger partial charge < -0.3 is 27.9 Å². The zero-order chi connectivity index (χ0) is 24.3. The molecule has 0 N–H and O–H groups in total. The van der Waals surface area contributed by atoms with Crippen LogP contribution in [0.15, 0.2) is 0 Å². The van der Waals surface area contributed by atoms with E-state index < -0.39 is 20.1 Å². The first kappa shape index (κ1) is 31.3. The lowest BCUT2D eigenvalue weighted by Gasteiger charge is -2.30. The number of rotatable bonds is 21. The Morgan fingerprint density at radius 2 is 1.41 bits per heavy atom. The first-order valence-corrected chi connectivity index (χ1v) is 13.7. The molecule has 0 aliphatic heterocycles. The molecule has 0 aromatic carbocycles. The fourth-order valence-corrected chi connectivity index (χ4v) is 4.14. The van der Waals surface area contributed by atoms with Gasteiger partial charge in [0.25, 0.3) is 7.82 Å². The maximum absolute atomic E-state index is 12.2. The smallest absolute Gasteiger partial charge is 0.508 e. The molecular formula is C23H48NO7P. The second kappa shape index (κ2) is 18.7. The van der Waals surface area contributed by atoms with Gasteiger partial charge in [0, 0.05) is 0 Å². The molecule has 0 aromatic heterocycles. The zero-order valence-corrected chi connectivity index (χ0v) is 22.0. The molecule has 8 nitrogen and oxygen atoms in total. The Morgan fingerprint density at radius 3 is 1.88 bits per heavy atom. The highest BCUT2D eigenvalue weighted by Gasteiger charge is 2.21. The summed E-state index contributed by atoms with van der Waals surface area (Å²) in [7, 11) is 2.56. The van der Waals surface area contributed by atoms with Gasteiger partial charge in [-0.2, -0.15) is 0 Å². The van der Waals surface area contributed by atoms with Gasteiger partial charge in [0.15, 0.2) is 0 Å². The number of quaternary nitrogens is 1. The molecule has 0 saturated heterocycles. The van der Waals surface area contributed by atoms with Crippen LogP contribution in [0.2, 0.25) is 0 Å². The van der Waals surface area contributed by atoms with Gasteiger partial charge in [-0.3, -0.25) is 4.57 Å². The van der Waals surface area contributed by atoms with Crippen molar-refractivity contribution < 1.29 is 37.3 Å². The van der Waals surface area contributed by atoms with Crippen LogP contribution in [-0.4, -0.2) is 64.8 Å². The SMILES string of the molecule is CCCCCCCCCCCCCCC(COC(=O)OC)OP(=O)([O-])OCC[N+](C)(C)C. The van der Waals surface area contributed by atoms with E-state index in [0.29, 0.717) is 17.4 Å². The van der Waals surface area contributed by atoms with Crippen molar-refractivity contribution in [3.05, 3.63) is 0 Å². The molecule has 0 radical (unpaired) electrons. The largest absolute Gasteiger partial charge is 0.756 e. The lowest BCUT2D eigenvalue weighted by Crippen LogP contribution is -2.37. The summed E-state index contributed by atoms with van der Waals surface area (Å²) < 4.78 is 32.3. The average Bonchev–Trinajstić information content (AvgIpc) is 2.70. The third kappa shape index (κ3) is 21.2. The predicted molar refractivity (Wildman–Crippen MR) is 125 cm³/mol. The van der Waals surface area contributed by atoms with Crippen LogP contribution in [0.25, 0.3) is 0 Å². The van der Waals surface area contributed by atoms with E-state index >= 15 is 0 Å². The highest BCUT2D eigenvalue weighted by Crippen LogP contribution is 2.40. The van der Waals surface area contributed by atoms with Gasteiger partial charge in [0.05, 0.1) is 28.3 Å². The van der Waals surface area contributed by atoms with Crippen molar-refractivity contribution in [2.24, 2.45) is 0 Å². The number of ether oxygens (including phenoxy) is 2. The summed E-state index contributed by atoms with van der Waals surface area (Å²) in [4.78, 5) is 23.4. The number of unbranched alkanes of at least 4 members (excludes halogenated alkanes) is 11. The van der Waals surface area contributed by atoms with E-state index in [1.165, 1.54) is 64.9 Å². The van der Waals surface area contributed by atoms with Crippen molar-refractivity contribution in [2.45, 2.75) is 96.5 Å². The number of phosphoric ester groups is 1. The molecular weight excluding hydrogens is 433 g/mol. The van der Waals surface area contributed by atoms with Gasteiger partial charge in [-0.25, -0.2) is 4.79 Å². The molecule has 2 unspecified atom stereocenters. The van der Waals surface area contributed by atoms with E-state index in [4.69, 9.17) is 13.8 Å². The van der Waals surface area contributed by atoms with Crippen molar-refractivity contribution in [1.82, 2.24) is 0 Å². The van der Waals surface area contributed by atoms with Gasteiger partial charge in [-0.15, -0.1) is 0 Å². The van der Waals surface area contributed by atoms with Crippen LogP contribution >= 0.6 is 7.82 Å². The third-order valence-electron chi connectivity index (χ3n) is 5.22. The topological polar surface area (TPSA) is 94.1 Å². The minimum absolute atomic E-state index is 0.0352. The molecule has 0 saturated carbocycles. The molecule has 9 heteroatoms. The third-order valence-corrected chi connectivity index (χ3v) is 6.28. The van der Waals surface area contributed by atoms with Gasteiger partial charge in [-0.05, 0) is 6.42 Å². The molecule has 0 aromatic rings. The molecule has 0 fully saturated rings. The summed E-state index contributed by atoms with van der Waals surface area (Å²) in [6, 6.07) is 0. The van der Waals surface area contributed by atoms with Crippen molar-refractivity contribution in [3.8, 4) is 0 Å². The Hall–Kier alpha value is -0.660. The van der Waals surface area contributed by atoms with E-state index in [9.17, 15) is 14.3 Å². The average molecular weight is 482 g/mol. The van der Waals surface area contributed by atoms with Gasteiger partial charge in [0.1, 0.15) is 25.9 Å². The van der Waals surface area contributed by atoms with E-state index in [2.05, 4.69) is 11.7 Å². The van der Waals surface area contributed by atoms with Crippen LogP contribution in [0.3, 0.4) is 0 Å². The number of phosphoric acid groups is 1. The predicted octanol–water partition coefficient (Wildman–Crippen LogP) is 5.44. The Morgan fingerprint density at radius 1 is 0.906 bits per heavy atom. The van der Waals surface area contributed by atoms with Crippen LogP contribution in [0.5, 0.6) is 0 Å². The number of carbonyl (C=O) groups excluding carboxylic acids is 1. The fourth-order valence-electron chi connectivity index (χ4n) is 3.24. The second-order valence-electron chi connectivity index (χ2n) is 9.46. The van der Waals surface area contributed by atoms with Crippen LogP contribution in [-0.2, 0) is 23.1 Å². The first-order valence-electron chi connectivity index (χ1n) is 12.2. The lowest BCUT2D eigenvalue weighted by molar-refractivity contribution is -0.870. The Kier molecular flexibility index (Phi) is 18.3. The van der Waals surface area contributed by atoms with E-state index in [-0.39, 0.29) is 13.2 Å². The summed E-state index contributed by atoms with van der Waals surface area (Å²) in [6.45, 7) is 2.61. The molecule has 0 heterocycles. The van der Waals surface area contributed by atoms with Crippen molar-refractivity contribution >= 4 is 14.0 Å². The highest BCUT2D eigenvalue weighted by molar-refractivity contribution is 7.45. The molecule has 0 rings (SSSR count). The van der Waals surface area contributed by atoms with Crippen LogP contribution < -0.4 is 4.89 Å². The Labute approximate surface area is 196 Å². The summed E-state index contributed by atoms with van der Waals surface area (Å²) in [5.41, 5.74) is 0. The molecule has 0 aliphatic rings. The standard InChI is InChI=1S/C23H48NO7P/c1-6-7-8-9-10-11-12-13-14-15-16-17-18-22(21-29-23(25)28-5)31-32(26,27)30-20-19-24(2,3)4/h22H,6-21H2,1-5H3. The summed E-state index contributed by atoms with van der Waals surface area (Å²) >= 11 is 0. The Bertz CT molecular complexity index is 511. The van der Waals surface area contributed by atoms with Crippen molar-refractivity contribution in [2.75, 3.05) is 48.0 Å². The molecule has 0 aliphatic carbocycles. The Balaban J connectivity index is 4.14. The monoisotopic (exact) mass is 481 g/mol. The van der Waals surface area contributed by atoms with Crippen molar-refractivity contribution in [1.29, 1.82) is 0 Å². The van der Waals surface area contributed by atoms with E-state index in [0.717, 1.165) is 19.3 Å². The quantitative estimate of drug-likeness (QED) is 0.0933. The molecule has 0 spiro atoms. The summed E-state index contributed by atoms with van der Waals surface area (Å²) in [5, 5.41) is 0. The normalized spacial score (nSPS) is 14.7. The number of likely N-dealkylation sites (N-methyl/N-ethyl adjacent to an activating group) is 1. The number of methoxy groups -OCH3 is 1. The van der Waals surface area contributed by atoms with Gasteiger partial charge in [-0.1, -0.05) is 84.0 Å². The molecule has 0 bridgehead atoms. The zero-order valence-electron chi connectivity index (χ0n) is 21.1. The maximum Gasteiger partial charge on any atom is 0.508 e. The summed E-state index contributed by atoms with van der Waals surface area (Å²) in [6.07, 6.45) is 13.4. The highest BCUT2D eigenvalue weighted by atomic mass is 31.2. The summed E-state index contributed by atoms with van der Waals surface area (Å²) in [5.74, 6) is 0. The maximum atomic E-state index is 12.2. The minimum Gasteiger partial charge on any atom is -0.756 e. The number of hydrogen-bond acceptors (Lipinski definition) is 7. The second-order valence-corrected chi connectivity index (χ2v) is 10.8. The molecule has 192 valence electrons.